The summed E-state index contributed by atoms with van der Waals surface area (Å²) in [6.45, 7) is 1.22. The first-order valence-electron chi connectivity index (χ1n) is 3.85. The fourth-order valence-electron chi connectivity index (χ4n) is 0.817. The summed E-state index contributed by atoms with van der Waals surface area (Å²) in [6, 6.07) is 0. The molecule has 0 bridgehead atoms. The minimum Gasteiger partial charge on any atom is -0.411 e. The summed E-state index contributed by atoms with van der Waals surface area (Å²) in [4.78, 5) is 23.3. The normalized spacial score (nSPS) is 13.1. The van der Waals surface area contributed by atoms with Crippen LogP contribution in [0.15, 0.2) is 11.4 Å². The van der Waals surface area contributed by atoms with Crippen molar-refractivity contribution in [1.82, 2.24) is 9.97 Å². The Morgan fingerprint density at radius 3 is 2.93 bits per heavy atom. The molecule has 0 fully saturated rings. The Bertz CT molecular complexity index is 409. The van der Waals surface area contributed by atoms with Crippen molar-refractivity contribution >= 4 is 13.5 Å². The average Bonchev–Trinajstić information content (AvgIpc) is 2.61. The maximum absolute atomic E-state index is 10.4. The van der Waals surface area contributed by atoms with Gasteiger partial charge in [-0.15, -0.1) is 0 Å². The van der Waals surface area contributed by atoms with Crippen molar-refractivity contribution in [2.45, 2.75) is 13.5 Å². The molecule has 0 aromatic carbocycles. The summed E-state index contributed by atoms with van der Waals surface area (Å²) in [5.41, 5.74) is 0.633. The Balaban J connectivity index is 2.65. The second-order valence-electron chi connectivity index (χ2n) is 2.71. The van der Waals surface area contributed by atoms with Crippen molar-refractivity contribution in [3.05, 3.63) is 17.7 Å². The third-order valence-corrected chi connectivity index (χ3v) is 1.97. The number of aromatic nitrogens is 2. The summed E-state index contributed by atoms with van der Waals surface area (Å²) >= 11 is 0. The van der Waals surface area contributed by atoms with Gasteiger partial charge in [0.05, 0.1) is 11.9 Å². The molecule has 1 heterocycles. The molecule has 9 heteroatoms. The molecule has 1 rings (SSSR count). The Kier molecular flexibility index (Phi) is 3.59. The van der Waals surface area contributed by atoms with E-state index in [1.54, 1.807) is 0 Å². The van der Waals surface area contributed by atoms with E-state index in [4.69, 9.17) is 15.0 Å². The lowest BCUT2D eigenvalue weighted by Crippen LogP contribution is -1.98. The molecule has 1 aromatic rings. The molecule has 0 aliphatic rings. The summed E-state index contributed by atoms with van der Waals surface area (Å²) < 4.78 is 14.6. The van der Waals surface area contributed by atoms with Gasteiger partial charge in [-0.2, -0.15) is 0 Å². The van der Waals surface area contributed by atoms with Crippen LogP contribution in [0.4, 0.5) is 0 Å². The maximum Gasteiger partial charge on any atom is 0.469 e. The van der Waals surface area contributed by atoms with Gasteiger partial charge in [0.1, 0.15) is 12.3 Å². The van der Waals surface area contributed by atoms with Gasteiger partial charge in [-0.25, -0.2) is 9.55 Å². The fraction of sp³-hybridized carbons (Fsp3) is 0.333. The summed E-state index contributed by atoms with van der Waals surface area (Å²) in [5.74, 6) is 0.307. The quantitative estimate of drug-likeness (QED) is 0.256. The van der Waals surface area contributed by atoms with E-state index >= 15 is 0 Å². The molecule has 0 unspecified atom stereocenters. The predicted molar refractivity (Wildman–Crippen MR) is 49.4 cm³/mol. The van der Waals surface area contributed by atoms with Crippen molar-refractivity contribution in [2.75, 3.05) is 0 Å². The van der Waals surface area contributed by atoms with Crippen LogP contribution in [0.1, 0.15) is 18.4 Å². The number of nitrogens with one attached hydrogen (secondary N) is 1. The Morgan fingerprint density at radius 1 is 1.73 bits per heavy atom. The van der Waals surface area contributed by atoms with Gasteiger partial charge in [0.15, 0.2) is 5.82 Å². The van der Waals surface area contributed by atoms with Crippen molar-refractivity contribution < 1.29 is 24.1 Å². The zero-order valence-corrected chi connectivity index (χ0v) is 8.68. The van der Waals surface area contributed by atoms with Gasteiger partial charge < -0.3 is 20.0 Å². The first-order chi connectivity index (χ1) is 6.92. The Morgan fingerprint density at radius 2 is 2.40 bits per heavy atom. The molecule has 0 spiro atoms. The number of phosphoric ester groups is 1. The highest BCUT2D eigenvalue weighted by Crippen LogP contribution is 2.36. The van der Waals surface area contributed by atoms with E-state index in [0.29, 0.717) is 11.5 Å². The SMILES string of the molecule is CC(=NO)c1ncc(COP(=O)(O)O)[nH]1. The number of hydrogen-bond acceptors (Lipinski definition) is 5. The number of rotatable bonds is 4. The number of imidazole rings is 1. The van der Waals surface area contributed by atoms with Gasteiger partial charge in [0.25, 0.3) is 0 Å². The third-order valence-electron chi connectivity index (χ3n) is 1.51. The average molecular weight is 235 g/mol. The lowest BCUT2D eigenvalue weighted by molar-refractivity contribution is 0.187. The molecular formula is C6H10N3O5P. The molecule has 0 saturated heterocycles. The van der Waals surface area contributed by atoms with E-state index < -0.39 is 7.82 Å². The van der Waals surface area contributed by atoms with Crippen LogP contribution in [0.25, 0.3) is 0 Å². The van der Waals surface area contributed by atoms with Crippen LogP contribution in [0.5, 0.6) is 0 Å². The first kappa shape index (κ1) is 11.9. The van der Waals surface area contributed by atoms with Crippen molar-refractivity contribution in [3.8, 4) is 0 Å². The van der Waals surface area contributed by atoms with Gasteiger partial charge in [-0.1, -0.05) is 5.16 Å². The lowest BCUT2D eigenvalue weighted by Gasteiger charge is -2.02. The van der Waals surface area contributed by atoms with Crippen molar-refractivity contribution in [3.63, 3.8) is 0 Å². The third kappa shape index (κ3) is 3.80. The molecule has 4 N–H and O–H groups in total. The first-order valence-corrected chi connectivity index (χ1v) is 5.38. The fourth-order valence-corrected chi connectivity index (χ4v) is 1.12. The second kappa shape index (κ2) is 4.54. The largest absolute Gasteiger partial charge is 0.469 e. The zero-order valence-electron chi connectivity index (χ0n) is 7.78. The van der Waals surface area contributed by atoms with Crippen LogP contribution < -0.4 is 0 Å². The Hall–Kier alpha value is -1.21. The van der Waals surface area contributed by atoms with Gasteiger partial charge in [0.2, 0.25) is 0 Å². The van der Waals surface area contributed by atoms with Crippen LogP contribution in [0, 0.1) is 0 Å². The van der Waals surface area contributed by atoms with Crippen LogP contribution in [-0.4, -0.2) is 30.7 Å². The molecule has 84 valence electrons. The highest BCUT2D eigenvalue weighted by Gasteiger charge is 2.14. The van der Waals surface area contributed by atoms with Gasteiger partial charge >= 0.3 is 7.82 Å². The van der Waals surface area contributed by atoms with E-state index in [2.05, 4.69) is 19.6 Å². The van der Waals surface area contributed by atoms with Gasteiger partial charge in [-0.05, 0) is 6.92 Å². The van der Waals surface area contributed by atoms with E-state index in [9.17, 15) is 4.57 Å². The highest BCUT2D eigenvalue weighted by molar-refractivity contribution is 7.46. The standard InChI is InChI=1S/C6H10N3O5P/c1-4(9-10)6-7-2-5(8-6)3-14-15(11,12)13/h2,10H,3H2,1H3,(H,7,8)(H2,11,12,13). The minimum atomic E-state index is -4.48. The van der Waals surface area contributed by atoms with E-state index in [0.717, 1.165) is 0 Å². The molecule has 15 heavy (non-hydrogen) atoms. The molecule has 0 saturated carbocycles. The number of phosphoric acid groups is 1. The molecule has 0 aliphatic heterocycles. The summed E-state index contributed by atoms with van der Waals surface area (Å²) in [7, 11) is -4.48. The van der Waals surface area contributed by atoms with Crippen molar-refractivity contribution in [2.24, 2.45) is 5.16 Å². The number of hydrogen-bond donors (Lipinski definition) is 4. The number of oxime groups is 1. The van der Waals surface area contributed by atoms with Crippen LogP contribution >= 0.6 is 7.82 Å². The second-order valence-corrected chi connectivity index (χ2v) is 3.95. The molecule has 0 aliphatic carbocycles. The van der Waals surface area contributed by atoms with E-state index in [1.807, 2.05) is 0 Å². The number of aromatic amines is 1. The molecule has 0 atom stereocenters. The maximum atomic E-state index is 10.4. The predicted octanol–water partition coefficient (Wildman–Crippen LogP) is 0.217. The molecule has 1 aromatic heterocycles. The van der Waals surface area contributed by atoms with E-state index in [-0.39, 0.29) is 12.3 Å². The molecule has 8 nitrogen and oxygen atoms in total. The Labute approximate surface area is 84.9 Å². The van der Waals surface area contributed by atoms with Gasteiger partial charge in [-0.3, -0.25) is 4.52 Å². The monoisotopic (exact) mass is 235 g/mol. The molecule has 0 radical (unpaired) electrons. The topological polar surface area (TPSA) is 128 Å². The highest BCUT2D eigenvalue weighted by atomic mass is 31.2. The van der Waals surface area contributed by atoms with Gasteiger partial charge in [0, 0.05) is 0 Å². The smallest absolute Gasteiger partial charge is 0.411 e. The van der Waals surface area contributed by atoms with Crippen molar-refractivity contribution in [1.29, 1.82) is 0 Å². The number of H-pyrrole nitrogens is 1. The minimum absolute atomic E-state index is 0.262. The summed E-state index contributed by atoms with van der Waals surface area (Å²) in [6.07, 6.45) is 1.33. The van der Waals surface area contributed by atoms with Crippen LogP contribution in [0.2, 0.25) is 0 Å². The lowest BCUT2D eigenvalue weighted by atomic mass is 10.4. The van der Waals surface area contributed by atoms with E-state index in [1.165, 1.54) is 13.1 Å². The molecular weight excluding hydrogens is 225 g/mol. The summed E-state index contributed by atoms with van der Waals surface area (Å²) in [5, 5.41) is 11.3. The number of nitrogens with zero attached hydrogens (tertiary/aromatic N) is 2. The zero-order chi connectivity index (χ0) is 11.5. The van der Waals surface area contributed by atoms with Crippen LogP contribution in [-0.2, 0) is 15.7 Å². The molecule has 0 amide bonds. The van der Waals surface area contributed by atoms with Crippen LogP contribution in [0.3, 0.4) is 0 Å².